The van der Waals surface area contributed by atoms with Crippen molar-refractivity contribution in [1.82, 2.24) is 20.9 Å². The Morgan fingerprint density at radius 2 is 1.80 bits per heavy atom. The van der Waals surface area contributed by atoms with Crippen LogP contribution in [0.1, 0.15) is 29.6 Å². The molecule has 5 amide bonds. The predicted molar refractivity (Wildman–Crippen MR) is 139 cm³/mol. The van der Waals surface area contributed by atoms with Crippen molar-refractivity contribution >= 4 is 65.0 Å². The summed E-state index contributed by atoms with van der Waals surface area (Å²) in [6.07, 6.45) is -1.21. The minimum Gasteiger partial charge on any atom is -0.480 e. The number of benzene rings is 1. The summed E-state index contributed by atoms with van der Waals surface area (Å²) in [5, 5.41) is 25.2. The van der Waals surface area contributed by atoms with Crippen LogP contribution in [0.25, 0.3) is 0 Å². The monoisotopic (exact) mass is 596 g/mol. The van der Waals surface area contributed by atoms with E-state index in [1.807, 2.05) is 5.32 Å². The van der Waals surface area contributed by atoms with Gasteiger partial charge in [0.25, 0.3) is 11.8 Å². The molecule has 14 nitrogen and oxygen atoms in total. The average molecular weight is 597 g/mol. The summed E-state index contributed by atoms with van der Waals surface area (Å²) in [5.74, 6) is -5.70. The van der Waals surface area contributed by atoms with Crippen molar-refractivity contribution < 1.29 is 48.5 Å². The molecule has 0 aromatic heterocycles. The molecule has 1 aromatic carbocycles. The number of imide groups is 1. The zero-order valence-electron chi connectivity index (χ0n) is 20.8. The Kier molecular flexibility index (Phi) is 10.5. The Balaban J connectivity index is 1.51. The Bertz CT molecular complexity index is 1240. The number of hydrogen-bond acceptors (Lipinski definition) is 9. The number of nitrogens with one attached hydrogen (secondary N) is 3. The van der Waals surface area contributed by atoms with Crippen LogP contribution in [0.3, 0.4) is 0 Å². The first kappa shape index (κ1) is 30.4. The molecule has 3 atom stereocenters. The summed E-state index contributed by atoms with van der Waals surface area (Å²) in [6.45, 7) is -0.491. The highest BCUT2D eigenvalue weighted by Crippen LogP contribution is 2.40. The molecule has 0 spiro atoms. The number of ether oxygens (including phenoxy) is 1. The summed E-state index contributed by atoms with van der Waals surface area (Å²) in [4.78, 5) is 84.7. The summed E-state index contributed by atoms with van der Waals surface area (Å²) in [7, 11) is 0. The van der Waals surface area contributed by atoms with Crippen LogP contribution in [-0.4, -0.2) is 92.5 Å². The molecule has 1 fully saturated rings. The molecule has 1 saturated heterocycles. The van der Waals surface area contributed by atoms with Crippen molar-refractivity contribution in [1.29, 1.82) is 0 Å². The van der Waals surface area contributed by atoms with Gasteiger partial charge in [-0.15, -0.1) is 23.4 Å². The van der Waals surface area contributed by atoms with E-state index in [-0.39, 0.29) is 36.3 Å². The molecule has 214 valence electrons. The lowest BCUT2D eigenvalue weighted by Gasteiger charge is -2.49. The van der Waals surface area contributed by atoms with E-state index in [4.69, 9.17) is 16.3 Å². The molecule has 2 heterocycles. The van der Waals surface area contributed by atoms with Gasteiger partial charge in [0.1, 0.15) is 35.6 Å². The van der Waals surface area contributed by atoms with Crippen molar-refractivity contribution in [3.8, 4) is 0 Å². The third-order valence-corrected chi connectivity index (χ3v) is 7.43. The number of fused-ring (bicyclic) bond motifs is 1. The summed E-state index contributed by atoms with van der Waals surface area (Å²) >= 11 is 6.44. The molecule has 16 heteroatoms. The van der Waals surface area contributed by atoms with Gasteiger partial charge >= 0.3 is 18.0 Å². The van der Waals surface area contributed by atoms with Gasteiger partial charge in [0, 0.05) is 23.3 Å². The lowest BCUT2D eigenvalue weighted by atomic mass is 10.0. The maximum Gasteiger partial charge on any atom is 0.414 e. The Morgan fingerprint density at radius 3 is 2.42 bits per heavy atom. The van der Waals surface area contributed by atoms with Crippen LogP contribution in [0.5, 0.6) is 0 Å². The number of carboxylic acids is 2. The van der Waals surface area contributed by atoms with Crippen LogP contribution in [0, 0.1) is 0 Å². The third kappa shape index (κ3) is 7.51. The molecule has 0 aliphatic carbocycles. The first-order chi connectivity index (χ1) is 19.0. The van der Waals surface area contributed by atoms with E-state index in [1.54, 1.807) is 18.2 Å². The van der Waals surface area contributed by atoms with Crippen molar-refractivity contribution in [3.05, 3.63) is 47.2 Å². The Morgan fingerprint density at radius 1 is 1.10 bits per heavy atom. The van der Waals surface area contributed by atoms with Gasteiger partial charge in [0.05, 0.1) is 0 Å². The summed E-state index contributed by atoms with van der Waals surface area (Å²) < 4.78 is 4.86. The lowest BCUT2D eigenvalue weighted by Crippen LogP contribution is -2.70. The lowest BCUT2D eigenvalue weighted by molar-refractivity contribution is -0.150. The second kappa shape index (κ2) is 13.8. The van der Waals surface area contributed by atoms with Crippen LogP contribution >= 0.6 is 23.4 Å². The molecule has 40 heavy (non-hydrogen) atoms. The van der Waals surface area contributed by atoms with E-state index in [0.29, 0.717) is 5.56 Å². The first-order valence-electron chi connectivity index (χ1n) is 11.8. The first-order valence-corrected chi connectivity index (χ1v) is 13.4. The van der Waals surface area contributed by atoms with Crippen LogP contribution in [-0.2, 0) is 28.7 Å². The number of hydrogen-bond donors (Lipinski definition) is 5. The van der Waals surface area contributed by atoms with E-state index in [0.717, 1.165) is 16.7 Å². The van der Waals surface area contributed by atoms with Crippen LogP contribution in [0.15, 0.2) is 41.6 Å². The van der Waals surface area contributed by atoms with Gasteiger partial charge in [-0.2, -0.15) is 0 Å². The topological polar surface area (TPSA) is 209 Å². The Hall–Kier alpha value is -4.11. The Labute approximate surface area is 236 Å². The molecule has 2 aliphatic heterocycles. The maximum absolute atomic E-state index is 12.7. The van der Waals surface area contributed by atoms with Crippen LogP contribution in [0.4, 0.5) is 4.79 Å². The largest absolute Gasteiger partial charge is 0.480 e. The zero-order chi connectivity index (χ0) is 29.4. The van der Waals surface area contributed by atoms with Gasteiger partial charge in [-0.25, -0.2) is 14.4 Å². The number of carbonyl (C=O) groups excluding carboxylic acids is 5. The molecule has 0 saturated carbocycles. The second-order valence-corrected chi connectivity index (χ2v) is 9.97. The molecule has 0 unspecified atom stereocenters. The highest BCUT2D eigenvalue weighted by molar-refractivity contribution is 8.00. The van der Waals surface area contributed by atoms with E-state index in [2.05, 4.69) is 10.6 Å². The number of aliphatic carboxylic acids is 2. The SMILES string of the molecule is O=C(CCl)NC(=O)OCC1=C(C(=O)O)N2C(=O)[C@@H](NC(=O)CCC[C@@H](NC(=O)c3ccccc3)C(=O)O)[C@H]2SC1. The molecule has 3 rings (SSSR count). The number of alkyl carbamates (subject to hydrolysis) is 1. The van der Waals surface area contributed by atoms with E-state index in [9.17, 15) is 43.8 Å². The van der Waals surface area contributed by atoms with Crippen LogP contribution < -0.4 is 16.0 Å². The number of halogens is 1. The van der Waals surface area contributed by atoms with Gasteiger partial charge in [0.15, 0.2) is 0 Å². The summed E-state index contributed by atoms with van der Waals surface area (Å²) in [5.41, 5.74) is 0.0329. The van der Waals surface area contributed by atoms with Gasteiger partial charge in [-0.3, -0.25) is 29.4 Å². The summed E-state index contributed by atoms with van der Waals surface area (Å²) in [6, 6.07) is 5.82. The zero-order valence-corrected chi connectivity index (χ0v) is 22.3. The second-order valence-electron chi connectivity index (χ2n) is 8.59. The smallest absolute Gasteiger partial charge is 0.414 e. The van der Waals surface area contributed by atoms with Crippen molar-refractivity contribution in [2.24, 2.45) is 0 Å². The maximum atomic E-state index is 12.7. The van der Waals surface area contributed by atoms with Gasteiger partial charge in [-0.1, -0.05) is 18.2 Å². The van der Waals surface area contributed by atoms with Crippen molar-refractivity contribution in [2.75, 3.05) is 18.2 Å². The van der Waals surface area contributed by atoms with E-state index >= 15 is 0 Å². The minimum atomic E-state index is -1.43. The number of carboxylic acid groups (broad SMARTS) is 2. The molecular weight excluding hydrogens is 572 g/mol. The minimum absolute atomic E-state index is 0.0381. The highest BCUT2D eigenvalue weighted by atomic mass is 35.5. The van der Waals surface area contributed by atoms with Crippen LogP contribution in [0.2, 0.25) is 0 Å². The van der Waals surface area contributed by atoms with Gasteiger partial charge in [-0.05, 0) is 25.0 Å². The molecular formula is C24H25ClN4O10S. The third-order valence-electron chi connectivity index (χ3n) is 5.84. The van der Waals surface area contributed by atoms with Gasteiger partial charge in [0.2, 0.25) is 11.8 Å². The molecule has 0 bridgehead atoms. The average Bonchev–Trinajstić information content (AvgIpc) is 2.93. The van der Waals surface area contributed by atoms with E-state index < -0.39 is 71.6 Å². The fourth-order valence-electron chi connectivity index (χ4n) is 3.93. The number of nitrogens with zero attached hydrogens (tertiary/aromatic N) is 1. The fraction of sp³-hybridized carbons (Fsp3) is 0.375. The number of β-lactam (4-membered cyclic amide) rings is 1. The number of alkyl halides is 1. The van der Waals surface area contributed by atoms with Gasteiger partial charge < -0.3 is 25.6 Å². The number of thioether (sulfide) groups is 1. The van der Waals surface area contributed by atoms with E-state index in [1.165, 1.54) is 12.1 Å². The molecule has 5 N–H and O–H groups in total. The fourth-order valence-corrected chi connectivity index (χ4v) is 5.33. The highest BCUT2D eigenvalue weighted by Gasteiger charge is 2.54. The predicted octanol–water partition coefficient (Wildman–Crippen LogP) is 0.270. The van der Waals surface area contributed by atoms with Crippen molar-refractivity contribution in [3.63, 3.8) is 0 Å². The number of rotatable bonds is 12. The number of amides is 5. The normalized spacial score (nSPS) is 18.5. The standard InChI is InChI=1S/C24H25ClN4O10S/c25-9-16(31)28-24(38)39-10-13-11-40-21-17(20(33)29(21)18(13)23(36)37)27-15(30)8-4-7-14(22(34)35)26-19(32)12-5-2-1-3-6-12/h1-3,5-6,14,17,21H,4,7-11H2,(H,26,32)(H,27,30)(H,34,35)(H,36,37)(H,28,31,38)/t14-,17-,21-/m1/s1. The number of carbonyl (C=O) groups is 7. The molecule has 1 aromatic rings. The molecule has 2 aliphatic rings. The van der Waals surface area contributed by atoms with Crippen molar-refractivity contribution in [2.45, 2.75) is 36.7 Å². The quantitative estimate of drug-likeness (QED) is 0.163. The molecule has 0 radical (unpaired) electrons.